The summed E-state index contributed by atoms with van der Waals surface area (Å²) in [6.45, 7) is 5.59. The lowest BCUT2D eigenvalue weighted by atomic mass is 10.1. The number of para-hydroxylation sites is 1. The normalized spacial score (nSPS) is 9.50. The highest BCUT2D eigenvalue weighted by molar-refractivity contribution is 5.53. The van der Waals surface area contributed by atoms with E-state index in [4.69, 9.17) is 4.74 Å². The smallest absolute Gasteiger partial charge is 0.311 e. The Hall–Kier alpha value is -1.84. The fourth-order valence-corrected chi connectivity index (χ4v) is 1.10. The summed E-state index contributed by atoms with van der Waals surface area (Å²) in [5.74, 6) is 0.231. The quantitative estimate of drug-likeness (QED) is 0.543. The van der Waals surface area contributed by atoms with Crippen molar-refractivity contribution in [2.75, 3.05) is 6.61 Å². The van der Waals surface area contributed by atoms with E-state index in [9.17, 15) is 10.1 Å². The molecule has 1 radical (unpaired) electrons. The zero-order chi connectivity index (χ0) is 10.6. The third kappa shape index (κ3) is 1.90. The zero-order valence-corrected chi connectivity index (χ0v) is 7.82. The van der Waals surface area contributed by atoms with E-state index >= 15 is 0 Å². The third-order valence-electron chi connectivity index (χ3n) is 1.67. The van der Waals surface area contributed by atoms with Gasteiger partial charge in [0.1, 0.15) is 0 Å². The maximum atomic E-state index is 10.6. The summed E-state index contributed by atoms with van der Waals surface area (Å²) in [4.78, 5) is 10.2. The zero-order valence-electron chi connectivity index (χ0n) is 7.82. The predicted octanol–water partition coefficient (Wildman–Crippen LogP) is 2.33. The molecule has 73 valence electrons. The number of nitro benzene ring substituents is 1. The van der Waals surface area contributed by atoms with Gasteiger partial charge in [0.2, 0.25) is 5.75 Å². The molecule has 1 aromatic carbocycles. The number of benzene rings is 1. The Morgan fingerprint density at radius 2 is 2.36 bits per heavy atom. The Labute approximate surface area is 82.0 Å². The highest BCUT2D eigenvalue weighted by Gasteiger charge is 2.16. The molecule has 0 aliphatic rings. The first kappa shape index (κ1) is 10.2. The van der Waals surface area contributed by atoms with Crippen LogP contribution >= 0.6 is 0 Å². The molecule has 0 aromatic heterocycles. The van der Waals surface area contributed by atoms with Crippen LogP contribution in [0.1, 0.15) is 12.5 Å². The Morgan fingerprint density at radius 3 is 2.86 bits per heavy atom. The van der Waals surface area contributed by atoms with Gasteiger partial charge in [-0.05, 0) is 13.0 Å². The van der Waals surface area contributed by atoms with Gasteiger partial charge in [-0.2, -0.15) is 0 Å². The van der Waals surface area contributed by atoms with Gasteiger partial charge in [-0.15, -0.1) is 0 Å². The second-order valence-corrected chi connectivity index (χ2v) is 2.52. The van der Waals surface area contributed by atoms with Gasteiger partial charge in [-0.3, -0.25) is 10.1 Å². The lowest BCUT2D eigenvalue weighted by molar-refractivity contribution is -0.385. The minimum Gasteiger partial charge on any atom is -0.487 e. The van der Waals surface area contributed by atoms with Crippen molar-refractivity contribution in [1.82, 2.24) is 0 Å². The van der Waals surface area contributed by atoms with Crippen LogP contribution < -0.4 is 4.74 Å². The summed E-state index contributed by atoms with van der Waals surface area (Å²) < 4.78 is 5.18. The monoisotopic (exact) mass is 192 g/mol. The number of ether oxygens (including phenoxy) is 1. The Morgan fingerprint density at radius 1 is 1.64 bits per heavy atom. The first-order valence-electron chi connectivity index (χ1n) is 4.14. The minimum absolute atomic E-state index is 0.0551. The van der Waals surface area contributed by atoms with Crippen molar-refractivity contribution in [1.29, 1.82) is 0 Å². The lowest BCUT2D eigenvalue weighted by Crippen LogP contribution is -1.99. The van der Waals surface area contributed by atoms with Crippen LogP contribution in [-0.4, -0.2) is 11.5 Å². The number of rotatable bonds is 4. The van der Waals surface area contributed by atoms with Crippen molar-refractivity contribution in [3.05, 3.63) is 46.5 Å². The fourth-order valence-electron chi connectivity index (χ4n) is 1.10. The number of nitro groups is 1. The predicted molar refractivity (Wildman–Crippen MR) is 52.2 cm³/mol. The lowest BCUT2D eigenvalue weighted by Gasteiger charge is -2.06. The van der Waals surface area contributed by atoms with Crippen molar-refractivity contribution in [2.24, 2.45) is 0 Å². The van der Waals surface area contributed by atoms with Crippen LogP contribution in [0.3, 0.4) is 0 Å². The molecule has 14 heavy (non-hydrogen) atoms. The van der Waals surface area contributed by atoms with Gasteiger partial charge in [0.05, 0.1) is 11.5 Å². The molecule has 4 heteroatoms. The van der Waals surface area contributed by atoms with Crippen molar-refractivity contribution in [3.63, 3.8) is 0 Å². The molecule has 0 saturated carbocycles. The molecule has 0 unspecified atom stereocenters. The topological polar surface area (TPSA) is 52.4 Å². The van der Waals surface area contributed by atoms with E-state index in [0.29, 0.717) is 12.2 Å². The number of nitrogens with zero attached hydrogens (tertiary/aromatic N) is 1. The van der Waals surface area contributed by atoms with Gasteiger partial charge in [0.25, 0.3) is 0 Å². The second-order valence-electron chi connectivity index (χ2n) is 2.52. The summed E-state index contributed by atoms with van der Waals surface area (Å²) in [7, 11) is 0. The van der Waals surface area contributed by atoms with E-state index < -0.39 is 4.92 Å². The van der Waals surface area contributed by atoms with Crippen LogP contribution in [0, 0.1) is 16.2 Å². The molecule has 0 bridgehead atoms. The van der Waals surface area contributed by atoms with Crippen molar-refractivity contribution >= 4 is 5.69 Å². The van der Waals surface area contributed by atoms with Crippen LogP contribution in [0.4, 0.5) is 5.69 Å². The van der Waals surface area contributed by atoms with E-state index in [0.717, 1.165) is 0 Å². The maximum absolute atomic E-state index is 10.6. The van der Waals surface area contributed by atoms with Gasteiger partial charge in [-0.25, -0.2) is 0 Å². The molecule has 0 atom stereocenters. The fraction of sp³-hybridized carbons (Fsp3) is 0.200. The van der Waals surface area contributed by atoms with Crippen LogP contribution in [-0.2, 0) is 0 Å². The molecule has 1 aromatic rings. The first-order chi connectivity index (χ1) is 6.70. The molecule has 0 spiro atoms. The largest absolute Gasteiger partial charge is 0.487 e. The average Bonchev–Trinajstić information content (AvgIpc) is 2.18. The SMILES string of the molecule is C=[C]c1cccc([N+](=O)[O-])c1OCC. The van der Waals surface area contributed by atoms with Crippen LogP contribution in [0.2, 0.25) is 0 Å². The molecule has 0 aliphatic carbocycles. The average molecular weight is 192 g/mol. The first-order valence-corrected chi connectivity index (χ1v) is 4.14. The molecule has 0 heterocycles. The van der Waals surface area contributed by atoms with E-state index in [2.05, 4.69) is 12.7 Å². The number of hydrogen-bond donors (Lipinski definition) is 0. The summed E-state index contributed by atoms with van der Waals surface area (Å²) >= 11 is 0. The van der Waals surface area contributed by atoms with E-state index in [1.807, 2.05) is 0 Å². The molecular weight excluding hydrogens is 182 g/mol. The van der Waals surface area contributed by atoms with Gasteiger partial charge in [-0.1, -0.05) is 18.7 Å². The molecule has 1 rings (SSSR count). The highest BCUT2D eigenvalue weighted by atomic mass is 16.6. The molecular formula is C10H10NO3. The standard InChI is InChI=1S/C10H10NO3/c1-3-8-6-5-7-9(11(12)13)10(8)14-4-2/h5-7H,1,4H2,2H3. The molecule has 4 nitrogen and oxygen atoms in total. The van der Waals surface area contributed by atoms with Gasteiger partial charge in [0.15, 0.2) is 0 Å². The minimum atomic E-state index is -0.480. The second kappa shape index (κ2) is 4.41. The molecule has 0 N–H and O–H groups in total. The van der Waals surface area contributed by atoms with Gasteiger partial charge < -0.3 is 4.74 Å². The molecule has 0 saturated heterocycles. The van der Waals surface area contributed by atoms with Crippen molar-refractivity contribution in [2.45, 2.75) is 6.92 Å². The molecule has 0 amide bonds. The Bertz CT molecular complexity index is 360. The Balaban J connectivity index is 3.27. The summed E-state index contributed by atoms with van der Waals surface area (Å²) in [5, 5.41) is 10.6. The van der Waals surface area contributed by atoms with Crippen molar-refractivity contribution in [3.8, 4) is 5.75 Å². The van der Waals surface area contributed by atoms with E-state index in [-0.39, 0.29) is 11.4 Å². The van der Waals surface area contributed by atoms with E-state index in [1.54, 1.807) is 19.1 Å². The van der Waals surface area contributed by atoms with Crippen LogP contribution in [0.5, 0.6) is 5.75 Å². The Kier molecular flexibility index (Phi) is 3.23. The molecule has 0 fully saturated rings. The van der Waals surface area contributed by atoms with Gasteiger partial charge >= 0.3 is 5.69 Å². The maximum Gasteiger partial charge on any atom is 0.311 e. The summed E-state index contributed by atoms with van der Waals surface area (Å²) in [6.07, 6.45) is 2.60. The van der Waals surface area contributed by atoms with Gasteiger partial charge in [0, 0.05) is 11.6 Å². The third-order valence-corrected chi connectivity index (χ3v) is 1.67. The van der Waals surface area contributed by atoms with Crippen LogP contribution in [0.25, 0.3) is 0 Å². The summed E-state index contributed by atoms with van der Waals surface area (Å²) in [6, 6.07) is 4.64. The van der Waals surface area contributed by atoms with Crippen LogP contribution in [0.15, 0.2) is 24.8 Å². The van der Waals surface area contributed by atoms with E-state index in [1.165, 1.54) is 6.07 Å². The summed E-state index contributed by atoms with van der Waals surface area (Å²) in [5.41, 5.74) is 0.460. The highest BCUT2D eigenvalue weighted by Crippen LogP contribution is 2.30. The van der Waals surface area contributed by atoms with Crippen molar-refractivity contribution < 1.29 is 9.66 Å². The number of hydrogen-bond acceptors (Lipinski definition) is 3. The molecule has 0 aliphatic heterocycles.